The molecule has 1 aromatic carbocycles. The van der Waals surface area contributed by atoms with Crippen LogP contribution < -0.4 is 0 Å². The Morgan fingerprint density at radius 2 is 2.42 bits per heavy atom. The molecule has 5 heteroatoms. The summed E-state index contributed by atoms with van der Waals surface area (Å²) in [7, 11) is 0. The fraction of sp³-hybridized carbons (Fsp3) is 0.429. The van der Waals surface area contributed by atoms with E-state index in [1.165, 1.54) is 0 Å². The lowest BCUT2D eigenvalue weighted by atomic mass is 9.98. The molecular weight excluding hydrogens is 242 g/mol. The number of aliphatic hydroxyl groups is 1. The maximum Gasteiger partial charge on any atom is 0.253 e. The van der Waals surface area contributed by atoms with Gasteiger partial charge in [0.2, 0.25) is 0 Å². The second-order valence-electron chi connectivity index (χ2n) is 5.11. The summed E-state index contributed by atoms with van der Waals surface area (Å²) in [5.41, 5.74) is 1.62. The van der Waals surface area contributed by atoms with E-state index >= 15 is 0 Å². The normalized spacial score (nSPS) is 19.8. The number of H-pyrrole nitrogens is 1. The number of hydrogen-bond donors (Lipinski definition) is 2. The second kappa shape index (κ2) is 5.01. The number of aliphatic hydroxyl groups excluding tert-OH is 1. The highest BCUT2D eigenvalue weighted by molar-refractivity contribution is 5.97. The number of piperidine rings is 1. The molecule has 0 saturated carbocycles. The number of aromatic amines is 1. The molecule has 2 aromatic rings. The number of aromatic nitrogens is 2. The molecule has 1 aromatic heterocycles. The van der Waals surface area contributed by atoms with Crippen LogP contribution in [0.1, 0.15) is 23.2 Å². The van der Waals surface area contributed by atoms with Crippen molar-refractivity contribution in [3.63, 3.8) is 0 Å². The highest BCUT2D eigenvalue weighted by Gasteiger charge is 2.24. The van der Waals surface area contributed by atoms with Crippen molar-refractivity contribution in [1.82, 2.24) is 15.1 Å². The monoisotopic (exact) mass is 259 g/mol. The van der Waals surface area contributed by atoms with Crippen molar-refractivity contribution in [2.45, 2.75) is 12.8 Å². The van der Waals surface area contributed by atoms with E-state index in [0.29, 0.717) is 12.1 Å². The summed E-state index contributed by atoms with van der Waals surface area (Å²) in [6.07, 6.45) is 3.69. The van der Waals surface area contributed by atoms with Crippen LogP contribution in [0, 0.1) is 5.92 Å². The Kier molecular flexibility index (Phi) is 3.21. The van der Waals surface area contributed by atoms with Crippen molar-refractivity contribution in [2.75, 3.05) is 19.7 Å². The molecule has 1 atom stereocenters. The summed E-state index contributed by atoms with van der Waals surface area (Å²) >= 11 is 0. The van der Waals surface area contributed by atoms with E-state index in [1.807, 2.05) is 23.1 Å². The van der Waals surface area contributed by atoms with Crippen LogP contribution in [0.15, 0.2) is 24.4 Å². The summed E-state index contributed by atoms with van der Waals surface area (Å²) in [6.45, 7) is 1.59. The molecule has 1 aliphatic heterocycles. The van der Waals surface area contributed by atoms with Crippen molar-refractivity contribution in [3.05, 3.63) is 30.0 Å². The molecule has 1 amide bonds. The Labute approximate surface area is 111 Å². The zero-order valence-corrected chi connectivity index (χ0v) is 10.7. The van der Waals surface area contributed by atoms with Crippen molar-refractivity contribution in [1.29, 1.82) is 0 Å². The van der Waals surface area contributed by atoms with Gasteiger partial charge in [-0.3, -0.25) is 9.89 Å². The maximum atomic E-state index is 12.4. The number of fused-ring (bicyclic) bond motifs is 1. The largest absolute Gasteiger partial charge is 0.396 e. The standard InChI is InChI=1S/C14H17N3O2/c18-9-10-2-1-5-17(8-10)14(19)11-3-4-13-12(6-11)7-15-16-13/h3-4,6-7,10,18H,1-2,5,8-9H2,(H,15,16). The van der Waals surface area contributed by atoms with Gasteiger partial charge in [-0.2, -0.15) is 5.10 Å². The summed E-state index contributed by atoms with van der Waals surface area (Å²) in [5, 5.41) is 17.0. The first kappa shape index (κ1) is 12.2. The fourth-order valence-electron chi connectivity index (χ4n) is 2.66. The zero-order chi connectivity index (χ0) is 13.2. The van der Waals surface area contributed by atoms with Gasteiger partial charge in [0.1, 0.15) is 0 Å². The molecule has 1 unspecified atom stereocenters. The second-order valence-corrected chi connectivity index (χ2v) is 5.11. The van der Waals surface area contributed by atoms with Gasteiger partial charge in [-0.1, -0.05) is 0 Å². The highest BCUT2D eigenvalue weighted by Crippen LogP contribution is 2.20. The number of nitrogens with one attached hydrogen (secondary N) is 1. The Morgan fingerprint density at radius 1 is 1.53 bits per heavy atom. The van der Waals surface area contributed by atoms with Gasteiger partial charge in [-0.15, -0.1) is 0 Å². The average Bonchev–Trinajstić information content (AvgIpc) is 2.94. The smallest absolute Gasteiger partial charge is 0.253 e. The molecule has 1 aliphatic rings. The van der Waals surface area contributed by atoms with Crippen molar-refractivity contribution in [3.8, 4) is 0 Å². The molecule has 5 nitrogen and oxygen atoms in total. The number of rotatable bonds is 2. The molecule has 1 fully saturated rings. The van der Waals surface area contributed by atoms with Gasteiger partial charge < -0.3 is 10.0 Å². The van der Waals surface area contributed by atoms with Gasteiger partial charge in [0.05, 0.1) is 11.7 Å². The number of likely N-dealkylation sites (tertiary alicyclic amines) is 1. The predicted molar refractivity (Wildman–Crippen MR) is 71.8 cm³/mol. The van der Waals surface area contributed by atoms with Gasteiger partial charge in [-0.25, -0.2) is 0 Å². The maximum absolute atomic E-state index is 12.4. The Bertz CT molecular complexity index is 593. The first-order valence-corrected chi connectivity index (χ1v) is 6.61. The molecule has 0 radical (unpaired) electrons. The lowest BCUT2D eigenvalue weighted by Gasteiger charge is -2.31. The van der Waals surface area contributed by atoms with Gasteiger partial charge in [0.15, 0.2) is 0 Å². The number of nitrogens with zero attached hydrogens (tertiary/aromatic N) is 2. The SMILES string of the molecule is O=C(c1ccc2[nH]ncc2c1)N1CCCC(CO)C1. The van der Waals surface area contributed by atoms with Gasteiger partial charge in [-0.05, 0) is 37.0 Å². The minimum absolute atomic E-state index is 0.0428. The number of hydrogen-bond acceptors (Lipinski definition) is 3. The first-order chi connectivity index (χ1) is 9.28. The van der Waals surface area contributed by atoms with Crippen LogP contribution >= 0.6 is 0 Å². The Hall–Kier alpha value is -1.88. The van der Waals surface area contributed by atoms with E-state index in [-0.39, 0.29) is 18.4 Å². The van der Waals surface area contributed by atoms with Crippen LogP contribution in [0.4, 0.5) is 0 Å². The van der Waals surface area contributed by atoms with Crippen LogP contribution in [0.3, 0.4) is 0 Å². The zero-order valence-electron chi connectivity index (χ0n) is 10.7. The van der Waals surface area contributed by atoms with Crippen molar-refractivity contribution >= 4 is 16.8 Å². The van der Waals surface area contributed by atoms with E-state index < -0.39 is 0 Å². The van der Waals surface area contributed by atoms with Crippen molar-refractivity contribution in [2.24, 2.45) is 5.92 Å². The molecule has 0 bridgehead atoms. The molecule has 0 aliphatic carbocycles. The van der Waals surface area contributed by atoms with Crippen LogP contribution in [0.5, 0.6) is 0 Å². The summed E-state index contributed by atoms with van der Waals surface area (Å²) < 4.78 is 0. The number of benzene rings is 1. The van der Waals surface area contributed by atoms with E-state index in [9.17, 15) is 9.90 Å². The summed E-state index contributed by atoms with van der Waals surface area (Å²) in [4.78, 5) is 14.3. The quantitative estimate of drug-likeness (QED) is 0.856. The summed E-state index contributed by atoms with van der Waals surface area (Å²) in [5.74, 6) is 0.261. The van der Waals surface area contributed by atoms with Gasteiger partial charge in [0.25, 0.3) is 5.91 Å². The van der Waals surface area contributed by atoms with Crippen LogP contribution in [-0.4, -0.2) is 45.8 Å². The third-order valence-electron chi connectivity index (χ3n) is 3.75. The topological polar surface area (TPSA) is 69.2 Å². The molecule has 100 valence electrons. The van der Waals surface area contributed by atoms with Crippen LogP contribution in [-0.2, 0) is 0 Å². The van der Waals surface area contributed by atoms with Crippen LogP contribution in [0.25, 0.3) is 10.9 Å². The lowest BCUT2D eigenvalue weighted by molar-refractivity contribution is 0.0621. The third kappa shape index (κ3) is 2.33. The predicted octanol–water partition coefficient (Wildman–Crippen LogP) is 1.41. The third-order valence-corrected chi connectivity index (χ3v) is 3.75. The van der Waals surface area contributed by atoms with Gasteiger partial charge in [0, 0.05) is 30.6 Å². The molecular formula is C14H17N3O2. The van der Waals surface area contributed by atoms with Crippen molar-refractivity contribution < 1.29 is 9.90 Å². The lowest BCUT2D eigenvalue weighted by Crippen LogP contribution is -2.40. The van der Waals surface area contributed by atoms with E-state index in [2.05, 4.69) is 10.2 Å². The minimum atomic E-state index is 0.0428. The van der Waals surface area contributed by atoms with E-state index in [1.54, 1.807) is 6.20 Å². The Morgan fingerprint density at radius 3 is 3.26 bits per heavy atom. The highest BCUT2D eigenvalue weighted by atomic mass is 16.3. The van der Waals surface area contributed by atoms with E-state index in [4.69, 9.17) is 0 Å². The molecule has 2 N–H and O–H groups in total. The average molecular weight is 259 g/mol. The molecule has 19 heavy (non-hydrogen) atoms. The van der Waals surface area contributed by atoms with Crippen LogP contribution in [0.2, 0.25) is 0 Å². The fourth-order valence-corrected chi connectivity index (χ4v) is 2.66. The number of carbonyl (C=O) groups is 1. The molecule has 0 spiro atoms. The Balaban J connectivity index is 1.82. The number of amides is 1. The molecule has 1 saturated heterocycles. The minimum Gasteiger partial charge on any atom is -0.396 e. The molecule has 3 rings (SSSR count). The summed E-state index contributed by atoms with van der Waals surface area (Å²) in [6, 6.07) is 5.57. The van der Waals surface area contributed by atoms with E-state index in [0.717, 1.165) is 30.3 Å². The molecule has 2 heterocycles. The van der Waals surface area contributed by atoms with Gasteiger partial charge >= 0.3 is 0 Å². The number of carbonyl (C=O) groups excluding carboxylic acids is 1. The first-order valence-electron chi connectivity index (χ1n) is 6.61.